The number of nitrogens with one attached hydrogen (secondary N) is 2. The smallest absolute Gasteiger partial charge is 0.408 e. The molecule has 0 aliphatic carbocycles. The number of alkyl carbamates (subject to hydrolysis) is 1. The first-order valence-corrected chi connectivity index (χ1v) is 14.6. The average molecular weight is 572 g/mol. The quantitative estimate of drug-likeness (QED) is 0.279. The Morgan fingerprint density at radius 1 is 1.02 bits per heavy atom. The molecular weight excluding hydrogens is 522 g/mol. The fourth-order valence-electron chi connectivity index (χ4n) is 4.92. The molecule has 9 nitrogen and oxygen atoms in total. The highest BCUT2D eigenvalue weighted by Gasteiger charge is 2.38. The lowest BCUT2D eigenvalue weighted by Gasteiger charge is -2.29. The molecule has 1 fully saturated rings. The maximum absolute atomic E-state index is 14.0. The molecule has 0 bridgehead atoms. The van der Waals surface area contributed by atoms with Crippen molar-refractivity contribution >= 4 is 23.9 Å². The van der Waals surface area contributed by atoms with Crippen LogP contribution in [0.4, 0.5) is 4.79 Å². The van der Waals surface area contributed by atoms with Crippen LogP contribution in [0.1, 0.15) is 73.3 Å². The van der Waals surface area contributed by atoms with Gasteiger partial charge in [-0.25, -0.2) is 9.59 Å². The van der Waals surface area contributed by atoms with E-state index in [-0.39, 0.29) is 23.8 Å². The molecule has 1 aromatic rings. The third-order valence-corrected chi connectivity index (χ3v) is 6.88. The Bertz CT molecular complexity index is 1050. The molecule has 0 aromatic heterocycles. The summed E-state index contributed by atoms with van der Waals surface area (Å²) >= 11 is 0. The Morgan fingerprint density at radius 3 is 2.24 bits per heavy atom. The summed E-state index contributed by atoms with van der Waals surface area (Å²) in [7, 11) is 1.29. The number of esters is 1. The van der Waals surface area contributed by atoms with Crippen molar-refractivity contribution in [3.63, 3.8) is 0 Å². The van der Waals surface area contributed by atoms with Crippen molar-refractivity contribution in [3.8, 4) is 0 Å². The zero-order chi connectivity index (χ0) is 30.7. The van der Waals surface area contributed by atoms with Crippen LogP contribution in [0.3, 0.4) is 0 Å². The van der Waals surface area contributed by atoms with Gasteiger partial charge in [0.15, 0.2) is 0 Å². The van der Waals surface area contributed by atoms with E-state index in [9.17, 15) is 19.2 Å². The number of likely N-dealkylation sites (tertiary alicyclic amines) is 1. The van der Waals surface area contributed by atoms with Crippen LogP contribution in [0.25, 0.3) is 0 Å². The molecule has 0 saturated carbocycles. The SMILES string of the molecule is COC(=O)[C@H](NC(=O)[C@@H]1CCCN1C(=O)[C@H](/C=C/[C@H](CC(C)C)NC(=O)OC(C)(C)C)Cc1ccccc1)C(C)C. The molecule has 9 heteroatoms. The number of ether oxygens (including phenoxy) is 2. The summed E-state index contributed by atoms with van der Waals surface area (Å²) in [6.07, 6.45) is 5.51. The number of carbonyl (C=O) groups is 4. The van der Waals surface area contributed by atoms with Gasteiger partial charge in [-0.05, 0) is 63.9 Å². The summed E-state index contributed by atoms with van der Waals surface area (Å²) in [6.45, 7) is 13.7. The molecule has 1 aromatic carbocycles. The number of carbonyl (C=O) groups excluding carboxylic acids is 4. The van der Waals surface area contributed by atoms with E-state index in [0.29, 0.717) is 38.1 Å². The minimum atomic E-state index is -0.791. The van der Waals surface area contributed by atoms with E-state index < -0.39 is 35.7 Å². The number of amides is 3. The fourth-order valence-corrected chi connectivity index (χ4v) is 4.92. The molecule has 0 spiro atoms. The van der Waals surface area contributed by atoms with Crippen molar-refractivity contribution in [1.29, 1.82) is 0 Å². The standard InChI is InChI=1S/C32H49N3O6/c1-21(2)19-25(33-31(39)41-32(5,6)7)17-16-24(20-23-13-10-9-11-14-23)29(37)35-18-12-15-26(35)28(36)34-27(22(3)4)30(38)40-8/h9-11,13-14,16-17,21-22,24-27H,12,15,18-20H2,1-8H3,(H,33,39)(H,34,36)/b17-16+/t24-,25-,26+,27-/m1/s1. The van der Waals surface area contributed by atoms with Gasteiger partial charge >= 0.3 is 12.1 Å². The maximum atomic E-state index is 14.0. The van der Waals surface area contributed by atoms with Gasteiger partial charge in [-0.15, -0.1) is 0 Å². The summed E-state index contributed by atoms with van der Waals surface area (Å²) in [4.78, 5) is 53.7. The van der Waals surface area contributed by atoms with Crippen LogP contribution in [-0.2, 0) is 30.3 Å². The van der Waals surface area contributed by atoms with Crippen LogP contribution >= 0.6 is 0 Å². The van der Waals surface area contributed by atoms with Crippen molar-refractivity contribution in [2.24, 2.45) is 17.8 Å². The Morgan fingerprint density at radius 2 is 1.68 bits per heavy atom. The summed E-state index contributed by atoms with van der Waals surface area (Å²) < 4.78 is 10.3. The second kappa shape index (κ2) is 15.6. The van der Waals surface area contributed by atoms with Gasteiger partial charge in [0.1, 0.15) is 17.7 Å². The van der Waals surface area contributed by atoms with Crippen LogP contribution < -0.4 is 10.6 Å². The Labute approximate surface area is 245 Å². The molecule has 1 saturated heterocycles. The maximum Gasteiger partial charge on any atom is 0.408 e. The lowest BCUT2D eigenvalue weighted by Crippen LogP contribution is -2.53. The summed E-state index contributed by atoms with van der Waals surface area (Å²) in [6, 6.07) is 7.92. The highest BCUT2D eigenvalue weighted by Crippen LogP contribution is 2.24. The van der Waals surface area contributed by atoms with Crippen LogP contribution in [-0.4, -0.2) is 66.2 Å². The molecule has 1 aliphatic heterocycles. The van der Waals surface area contributed by atoms with E-state index in [0.717, 1.165) is 5.56 Å². The molecule has 228 valence electrons. The minimum Gasteiger partial charge on any atom is -0.467 e. The number of hydrogen-bond donors (Lipinski definition) is 2. The number of benzene rings is 1. The summed E-state index contributed by atoms with van der Waals surface area (Å²) in [5.41, 5.74) is 0.359. The van der Waals surface area contributed by atoms with Crippen molar-refractivity contribution in [2.45, 2.75) is 97.9 Å². The number of rotatable bonds is 12. The Balaban J connectivity index is 2.31. The van der Waals surface area contributed by atoms with Gasteiger partial charge in [-0.3, -0.25) is 9.59 Å². The van der Waals surface area contributed by atoms with Gasteiger partial charge in [-0.2, -0.15) is 0 Å². The molecule has 1 aliphatic rings. The van der Waals surface area contributed by atoms with Gasteiger partial charge in [0, 0.05) is 6.54 Å². The van der Waals surface area contributed by atoms with Crippen molar-refractivity contribution in [1.82, 2.24) is 15.5 Å². The fraction of sp³-hybridized carbons (Fsp3) is 0.625. The molecule has 3 amide bonds. The second-order valence-electron chi connectivity index (χ2n) is 12.5. The minimum absolute atomic E-state index is 0.164. The Hall–Kier alpha value is -3.36. The first kappa shape index (κ1) is 33.8. The average Bonchev–Trinajstić information content (AvgIpc) is 3.37. The molecule has 0 unspecified atom stereocenters. The van der Waals surface area contributed by atoms with Crippen LogP contribution in [0.15, 0.2) is 42.5 Å². The normalized spacial score (nSPS) is 17.8. The Kier molecular flexibility index (Phi) is 12.9. The summed E-state index contributed by atoms with van der Waals surface area (Å²) in [5, 5.41) is 5.73. The predicted octanol–water partition coefficient (Wildman–Crippen LogP) is 4.65. The molecule has 2 rings (SSSR count). The number of methoxy groups -OCH3 is 1. The molecule has 0 radical (unpaired) electrons. The van der Waals surface area contributed by atoms with Gasteiger partial charge in [0.25, 0.3) is 0 Å². The van der Waals surface area contributed by atoms with Crippen LogP contribution in [0, 0.1) is 17.8 Å². The third kappa shape index (κ3) is 11.2. The van der Waals surface area contributed by atoms with Crippen LogP contribution in [0.5, 0.6) is 0 Å². The topological polar surface area (TPSA) is 114 Å². The van der Waals surface area contributed by atoms with Gasteiger partial charge in [0.05, 0.1) is 19.1 Å². The molecule has 2 N–H and O–H groups in total. The molecule has 1 heterocycles. The molecule has 4 atom stereocenters. The molecular formula is C32H49N3O6. The first-order valence-electron chi connectivity index (χ1n) is 14.6. The zero-order valence-electron chi connectivity index (χ0n) is 25.9. The highest BCUT2D eigenvalue weighted by atomic mass is 16.6. The lowest BCUT2D eigenvalue weighted by molar-refractivity contribution is -0.147. The van der Waals surface area contributed by atoms with E-state index in [1.807, 2.05) is 77.1 Å². The van der Waals surface area contributed by atoms with E-state index in [2.05, 4.69) is 24.5 Å². The lowest BCUT2D eigenvalue weighted by atomic mass is 9.94. The second-order valence-corrected chi connectivity index (χ2v) is 12.5. The monoisotopic (exact) mass is 571 g/mol. The van der Waals surface area contributed by atoms with E-state index >= 15 is 0 Å². The van der Waals surface area contributed by atoms with Crippen LogP contribution in [0.2, 0.25) is 0 Å². The largest absolute Gasteiger partial charge is 0.467 e. The zero-order valence-corrected chi connectivity index (χ0v) is 25.9. The van der Waals surface area contributed by atoms with E-state index in [1.165, 1.54) is 7.11 Å². The first-order chi connectivity index (χ1) is 19.2. The van der Waals surface area contributed by atoms with Gasteiger partial charge in [0.2, 0.25) is 11.8 Å². The molecule has 41 heavy (non-hydrogen) atoms. The van der Waals surface area contributed by atoms with E-state index in [1.54, 1.807) is 4.90 Å². The van der Waals surface area contributed by atoms with Crippen molar-refractivity contribution in [2.75, 3.05) is 13.7 Å². The van der Waals surface area contributed by atoms with Gasteiger partial charge in [-0.1, -0.05) is 70.2 Å². The van der Waals surface area contributed by atoms with Crippen molar-refractivity contribution in [3.05, 3.63) is 48.0 Å². The highest BCUT2D eigenvalue weighted by molar-refractivity contribution is 5.92. The van der Waals surface area contributed by atoms with Gasteiger partial charge < -0.3 is 25.0 Å². The van der Waals surface area contributed by atoms with E-state index in [4.69, 9.17) is 9.47 Å². The predicted molar refractivity (Wildman–Crippen MR) is 159 cm³/mol. The summed E-state index contributed by atoms with van der Waals surface area (Å²) in [5.74, 6) is -1.46. The number of hydrogen-bond acceptors (Lipinski definition) is 6. The third-order valence-electron chi connectivity index (χ3n) is 6.88. The van der Waals surface area contributed by atoms with Crippen molar-refractivity contribution < 1.29 is 28.7 Å². The number of nitrogens with zero attached hydrogens (tertiary/aromatic N) is 1.